The highest BCUT2D eigenvalue weighted by Gasteiger charge is 2.19. The van der Waals surface area contributed by atoms with Crippen LogP contribution in [0.2, 0.25) is 0 Å². The summed E-state index contributed by atoms with van der Waals surface area (Å²) < 4.78 is 0. The number of unbranched alkanes of at least 4 members (excludes halogenated alkanes) is 8. The monoisotopic (exact) mass is 290 g/mol. The molecule has 0 amide bonds. The molecule has 2 heteroatoms. The van der Waals surface area contributed by atoms with Crippen molar-refractivity contribution in [3.05, 3.63) is 11.1 Å². The Morgan fingerprint density at radius 1 is 0.905 bits per heavy atom. The van der Waals surface area contributed by atoms with Gasteiger partial charge in [0.25, 0.3) is 0 Å². The van der Waals surface area contributed by atoms with Crippen LogP contribution in [0.1, 0.15) is 89.9 Å². The van der Waals surface area contributed by atoms with E-state index in [1.54, 1.807) is 11.1 Å². The SMILES string of the molecule is C#CCCCCCCC1=C(CCCCCCCC(=O)O)C1. The summed E-state index contributed by atoms with van der Waals surface area (Å²) in [6.07, 6.45) is 21.1. The van der Waals surface area contributed by atoms with E-state index in [-0.39, 0.29) is 0 Å². The van der Waals surface area contributed by atoms with Gasteiger partial charge in [-0.15, -0.1) is 12.3 Å². The van der Waals surface area contributed by atoms with Crippen molar-refractivity contribution in [2.75, 3.05) is 0 Å². The minimum absolute atomic E-state index is 0.330. The van der Waals surface area contributed by atoms with Gasteiger partial charge in [0.1, 0.15) is 0 Å². The molecule has 0 saturated heterocycles. The maximum Gasteiger partial charge on any atom is 0.303 e. The van der Waals surface area contributed by atoms with Gasteiger partial charge in [-0.25, -0.2) is 0 Å². The molecule has 0 aromatic heterocycles. The number of aliphatic carboxylic acids is 1. The first-order valence-corrected chi connectivity index (χ1v) is 8.59. The van der Waals surface area contributed by atoms with Crippen molar-refractivity contribution < 1.29 is 9.90 Å². The molecule has 0 heterocycles. The van der Waals surface area contributed by atoms with Crippen molar-refractivity contribution in [2.45, 2.75) is 89.9 Å². The fourth-order valence-corrected chi connectivity index (χ4v) is 2.81. The molecular weight excluding hydrogens is 260 g/mol. The molecule has 1 N–H and O–H groups in total. The number of terminal acetylenes is 1. The van der Waals surface area contributed by atoms with Crippen LogP contribution in [0, 0.1) is 12.3 Å². The average Bonchev–Trinajstić information content (AvgIpc) is 3.20. The summed E-state index contributed by atoms with van der Waals surface area (Å²) in [5, 5.41) is 8.54. The molecule has 118 valence electrons. The molecule has 0 bridgehead atoms. The quantitative estimate of drug-likeness (QED) is 0.261. The first kappa shape index (κ1) is 17.8. The molecule has 1 aliphatic rings. The number of hydrogen-bond acceptors (Lipinski definition) is 1. The Hall–Kier alpha value is -1.23. The minimum Gasteiger partial charge on any atom is -0.481 e. The lowest BCUT2D eigenvalue weighted by Crippen LogP contribution is -1.93. The van der Waals surface area contributed by atoms with E-state index in [4.69, 9.17) is 11.5 Å². The molecule has 0 unspecified atom stereocenters. The van der Waals surface area contributed by atoms with Crippen LogP contribution in [0.3, 0.4) is 0 Å². The molecule has 1 aliphatic carbocycles. The van der Waals surface area contributed by atoms with Crippen molar-refractivity contribution in [3.8, 4) is 12.3 Å². The second kappa shape index (κ2) is 11.4. The summed E-state index contributed by atoms with van der Waals surface area (Å²) in [5.41, 5.74) is 3.43. The highest BCUT2D eigenvalue weighted by molar-refractivity contribution is 5.66. The Morgan fingerprint density at radius 2 is 1.43 bits per heavy atom. The fourth-order valence-electron chi connectivity index (χ4n) is 2.81. The van der Waals surface area contributed by atoms with E-state index in [1.165, 1.54) is 64.2 Å². The van der Waals surface area contributed by atoms with Gasteiger partial charge in [-0.1, -0.05) is 43.3 Å². The molecule has 0 aromatic rings. The topological polar surface area (TPSA) is 37.3 Å². The molecule has 0 saturated carbocycles. The summed E-state index contributed by atoms with van der Waals surface area (Å²) in [4.78, 5) is 10.4. The van der Waals surface area contributed by atoms with Crippen LogP contribution in [0.5, 0.6) is 0 Å². The number of carbonyl (C=O) groups is 1. The van der Waals surface area contributed by atoms with Crippen LogP contribution < -0.4 is 0 Å². The molecule has 0 aliphatic heterocycles. The summed E-state index contributed by atoms with van der Waals surface area (Å²) in [6.45, 7) is 0. The van der Waals surface area contributed by atoms with Gasteiger partial charge in [0.2, 0.25) is 0 Å². The molecule has 0 fully saturated rings. The summed E-state index contributed by atoms with van der Waals surface area (Å²) >= 11 is 0. The van der Waals surface area contributed by atoms with Crippen molar-refractivity contribution in [1.29, 1.82) is 0 Å². The smallest absolute Gasteiger partial charge is 0.303 e. The maximum absolute atomic E-state index is 10.4. The molecular formula is C19H30O2. The molecule has 0 radical (unpaired) electrons. The van der Waals surface area contributed by atoms with Crippen molar-refractivity contribution in [3.63, 3.8) is 0 Å². The van der Waals surface area contributed by atoms with Gasteiger partial charge in [-0.2, -0.15) is 0 Å². The molecule has 2 nitrogen and oxygen atoms in total. The Labute approximate surface area is 130 Å². The van der Waals surface area contributed by atoms with Crippen LogP contribution in [0.4, 0.5) is 0 Å². The number of carboxylic acids is 1. The van der Waals surface area contributed by atoms with E-state index < -0.39 is 5.97 Å². The summed E-state index contributed by atoms with van der Waals surface area (Å²) in [6, 6.07) is 0. The normalized spacial score (nSPS) is 13.3. The highest BCUT2D eigenvalue weighted by Crippen LogP contribution is 2.38. The van der Waals surface area contributed by atoms with Crippen LogP contribution in [0.25, 0.3) is 0 Å². The first-order valence-electron chi connectivity index (χ1n) is 8.59. The van der Waals surface area contributed by atoms with E-state index in [1.807, 2.05) is 0 Å². The van der Waals surface area contributed by atoms with Gasteiger partial charge in [-0.3, -0.25) is 4.79 Å². The largest absolute Gasteiger partial charge is 0.481 e. The molecule has 21 heavy (non-hydrogen) atoms. The fraction of sp³-hybridized carbons (Fsp3) is 0.737. The molecule has 0 aromatic carbocycles. The Bertz CT molecular complexity index is 374. The predicted molar refractivity (Wildman–Crippen MR) is 88.1 cm³/mol. The Kier molecular flexibility index (Phi) is 9.70. The van der Waals surface area contributed by atoms with E-state index >= 15 is 0 Å². The third-order valence-electron chi connectivity index (χ3n) is 4.22. The number of allylic oxidation sites excluding steroid dienone is 2. The van der Waals surface area contributed by atoms with Crippen molar-refractivity contribution >= 4 is 5.97 Å². The standard InChI is InChI=1S/C19H30O2/c1-2-3-4-5-7-10-13-17-16-18(17)14-11-8-6-9-12-15-19(20)21/h1H,3-16H2,(H,20,21). The molecule has 0 spiro atoms. The zero-order valence-corrected chi connectivity index (χ0v) is 13.3. The van der Waals surface area contributed by atoms with Crippen LogP contribution in [0.15, 0.2) is 11.1 Å². The van der Waals surface area contributed by atoms with Crippen molar-refractivity contribution in [1.82, 2.24) is 0 Å². The van der Waals surface area contributed by atoms with Crippen LogP contribution >= 0.6 is 0 Å². The van der Waals surface area contributed by atoms with E-state index in [0.29, 0.717) is 6.42 Å². The lowest BCUT2D eigenvalue weighted by Gasteiger charge is -1.98. The van der Waals surface area contributed by atoms with Crippen LogP contribution in [-0.4, -0.2) is 11.1 Å². The van der Waals surface area contributed by atoms with Gasteiger partial charge in [-0.05, 0) is 44.9 Å². The van der Waals surface area contributed by atoms with E-state index in [9.17, 15) is 4.79 Å². The van der Waals surface area contributed by atoms with E-state index in [0.717, 1.165) is 19.3 Å². The maximum atomic E-state index is 10.4. The van der Waals surface area contributed by atoms with Crippen molar-refractivity contribution in [2.24, 2.45) is 0 Å². The second-order valence-corrected chi connectivity index (χ2v) is 6.16. The second-order valence-electron chi connectivity index (χ2n) is 6.16. The Balaban J connectivity index is 1.85. The lowest BCUT2D eigenvalue weighted by molar-refractivity contribution is -0.137. The number of carboxylic acid groups (broad SMARTS) is 1. The third-order valence-corrected chi connectivity index (χ3v) is 4.22. The summed E-state index contributed by atoms with van der Waals surface area (Å²) in [7, 11) is 0. The molecule has 1 rings (SSSR count). The first-order chi connectivity index (χ1) is 10.2. The summed E-state index contributed by atoms with van der Waals surface area (Å²) in [5.74, 6) is 2.03. The van der Waals surface area contributed by atoms with Gasteiger partial charge >= 0.3 is 5.97 Å². The van der Waals surface area contributed by atoms with Gasteiger partial charge in [0.05, 0.1) is 0 Å². The van der Waals surface area contributed by atoms with Gasteiger partial charge in [0.15, 0.2) is 0 Å². The third kappa shape index (κ3) is 10.2. The molecule has 0 atom stereocenters. The minimum atomic E-state index is -0.665. The van der Waals surface area contributed by atoms with Gasteiger partial charge in [0, 0.05) is 12.8 Å². The van der Waals surface area contributed by atoms with E-state index in [2.05, 4.69) is 5.92 Å². The van der Waals surface area contributed by atoms with Crippen LogP contribution in [-0.2, 0) is 4.79 Å². The lowest BCUT2D eigenvalue weighted by atomic mass is 10.1. The highest BCUT2D eigenvalue weighted by atomic mass is 16.4. The predicted octanol–water partition coefficient (Wildman–Crippen LogP) is 5.48. The zero-order chi connectivity index (χ0) is 15.3. The zero-order valence-electron chi connectivity index (χ0n) is 13.3. The Morgan fingerprint density at radius 3 is 2.00 bits per heavy atom. The number of rotatable bonds is 14. The van der Waals surface area contributed by atoms with Gasteiger partial charge < -0.3 is 5.11 Å². The number of hydrogen-bond donors (Lipinski definition) is 1. The average molecular weight is 290 g/mol.